The SMILES string of the molecule is CON(C)C(=O)c1ccc2c(c1)C1(CCN(C(=O)OC(C)(C)C)CC1)CN2c1ncnc2c1[C@H](C)CC2. The molecule has 9 heteroatoms. The predicted octanol–water partition coefficient (Wildman–Crippen LogP) is 4.58. The van der Waals surface area contributed by atoms with Gasteiger partial charge in [0.05, 0.1) is 7.11 Å². The van der Waals surface area contributed by atoms with Crippen molar-refractivity contribution in [3.8, 4) is 0 Å². The van der Waals surface area contributed by atoms with Gasteiger partial charge in [0.15, 0.2) is 0 Å². The van der Waals surface area contributed by atoms with Crippen LogP contribution in [0, 0.1) is 0 Å². The van der Waals surface area contributed by atoms with Gasteiger partial charge in [-0.25, -0.2) is 19.8 Å². The molecule has 198 valence electrons. The Morgan fingerprint density at radius 2 is 1.89 bits per heavy atom. The molecule has 1 fully saturated rings. The minimum absolute atomic E-state index is 0.193. The van der Waals surface area contributed by atoms with Crippen molar-refractivity contribution in [2.24, 2.45) is 0 Å². The number of fused-ring (bicyclic) bond motifs is 3. The number of likely N-dealkylation sites (tertiary alicyclic amines) is 1. The van der Waals surface area contributed by atoms with Gasteiger partial charge in [-0.2, -0.15) is 0 Å². The lowest BCUT2D eigenvalue weighted by Gasteiger charge is -2.40. The molecule has 1 aromatic heterocycles. The number of piperidine rings is 1. The summed E-state index contributed by atoms with van der Waals surface area (Å²) in [7, 11) is 3.10. The Hall–Kier alpha value is -3.20. The number of carbonyl (C=O) groups is 2. The minimum Gasteiger partial charge on any atom is -0.444 e. The Morgan fingerprint density at radius 1 is 1.16 bits per heavy atom. The quantitative estimate of drug-likeness (QED) is 0.562. The average Bonchev–Trinajstić information content (AvgIpc) is 3.40. The minimum atomic E-state index is -0.532. The van der Waals surface area contributed by atoms with Gasteiger partial charge >= 0.3 is 6.09 Å². The zero-order valence-electron chi connectivity index (χ0n) is 22.7. The summed E-state index contributed by atoms with van der Waals surface area (Å²) in [6.07, 6.45) is 5.00. The number of amides is 2. The molecule has 9 nitrogen and oxygen atoms in total. The molecule has 0 saturated carbocycles. The van der Waals surface area contributed by atoms with Gasteiger partial charge in [0.1, 0.15) is 17.7 Å². The normalized spacial score (nSPS) is 20.1. The molecule has 2 aliphatic heterocycles. The van der Waals surface area contributed by atoms with Crippen molar-refractivity contribution in [1.82, 2.24) is 19.9 Å². The maximum Gasteiger partial charge on any atom is 0.410 e. The molecule has 0 radical (unpaired) electrons. The number of rotatable bonds is 3. The van der Waals surface area contributed by atoms with Gasteiger partial charge in [-0.3, -0.25) is 9.63 Å². The topological polar surface area (TPSA) is 88.1 Å². The Bertz CT molecular complexity index is 1220. The van der Waals surface area contributed by atoms with E-state index in [-0.39, 0.29) is 17.4 Å². The number of hydroxylamine groups is 2. The number of nitrogens with zero attached hydrogens (tertiary/aromatic N) is 5. The average molecular weight is 508 g/mol. The summed E-state index contributed by atoms with van der Waals surface area (Å²) in [6, 6.07) is 5.92. The van der Waals surface area contributed by atoms with E-state index in [1.165, 1.54) is 17.7 Å². The number of hydrogen-bond acceptors (Lipinski definition) is 7. The van der Waals surface area contributed by atoms with Crippen LogP contribution in [-0.4, -0.2) is 71.3 Å². The molecule has 3 heterocycles. The summed E-state index contributed by atoms with van der Waals surface area (Å²) in [4.78, 5) is 44.4. The van der Waals surface area contributed by atoms with Crippen LogP contribution in [0.4, 0.5) is 16.3 Å². The maximum atomic E-state index is 13.0. The molecule has 0 unspecified atom stereocenters. The molecule has 1 aromatic carbocycles. The van der Waals surface area contributed by atoms with E-state index in [0.717, 1.165) is 55.0 Å². The summed E-state index contributed by atoms with van der Waals surface area (Å²) < 4.78 is 5.64. The van der Waals surface area contributed by atoms with E-state index < -0.39 is 5.60 Å². The highest BCUT2D eigenvalue weighted by Gasteiger charge is 2.47. The fraction of sp³-hybridized carbons (Fsp3) is 0.571. The molecule has 2 amide bonds. The van der Waals surface area contributed by atoms with E-state index >= 15 is 0 Å². The van der Waals surface area contributed by atoms with E-state index in [4.69, 9.17) is 14.6 Å². The molecular weight excluding hydrogens is 470 g/mol. The predicted molar refractivity (Wildman–Crippen MR) is 140 cm³/mol. The summed E-state index contributed by atoms with van der Waals surface area (Å²) in [5.41, 5.74) is 4.40. The first-order chi connectivity index (χ1) is 17.5. The van der Waals surface area contributed by atoms with Crippen molar-refractivity contribution in [1.29, 1.82) is 0 Å². The zero-order valence-corrected chi connectivity index (χ0v) is 22.7. The third kappa shape index (κ3) is 4.54. The first kappa shape index (κ1) is 25.4. The number of hydrogen-bond donors (Lipinski definition) is 0. The lowest BCUT2D eigenvalue weighted by molar-refractivity contribution is -0.0757. The van der Waals surface area contributed by atoms with Crippen molar-refractivity contribution in [3.63, 3.8) is 0 Å². The van der Waals surface area contributed by atoms with Crippen molar-refractivity contribution in [2.75, 3.05) is 38.7 Å². The van der Waals surface area contributed by atoms with Gasteiger partial charge in [0.2, 0.25) is 0 Å². The van der Waals surface area contributed by atoms with E-state index in [2.05, 4.69) is 16.8 Å². The third-order valence-corrected chi connectivity index (χ3v) is 8.01. The number of carbonyl (C=O) groups excluding carboxylic acids is 2. The van der Waals surface area contributed by atoms with E-state index in [1.54, 1.807) is 18.3 Å². The Labute approximate surface area is 218 Å². The van der Waals surface area contributed by atoms with Crippen molar-refractivity contribution in [2.45, 2.75) is 70.3 Å². The zero-order chi connectivity index (χ0) is 26.5. The van der Waals surface area contributed by atoms with Crippen LogP contribution >= 0.6 is 0 Å². The van der Waals surface area contributed by atoms with Crippen LogP contribution in [0.2, 0.25) is 0 Å². The highest BCUT2D eigenvalue weighted by atomic mass is 16.7. The molecule has 1 saturated heterocycles. The Kier molecular flexibility index (Phi) is 6.38. The van der Waals surface area contributed by atoms with Crippen LogP contribution in [0.15, 0.2) is 24.5 Å². The van der Waals surface area contributed by atoms with Gasteiger partial charge in [0.25, 0.3) is 5.91 Å². The van der Waals surface area contributed by atoms with Gasteiger partial charge in [-0.05, 0) is 76.1 Å². The largest absolute Gasteiger partial charge is 0.444 e. The molecule has 1 spiro atoms. The molecule has 2 aromatic rings. The Balaban J connectivity index is 1.52. The summed E-state index contributed by atoms with van der Waals surface area (Å²) >= 11 is 0. The first-order valence-corrected chi connectivity index (χ1v) is 13.1. The standard InChI is InChI=1S/C28H37N5O4/c1-18-7-9-21-23(18)24(30-17-29-21)33-16-28(11-13-32(14-12-28)26(35)37-27(2,3)4)20-15-19(8-10-22(20)33)25(34)31(5)36-6/h8,10,15,17-18H,7,9,11-14,16H2,1-6H3/t18-/m1/s1. The van der Waals surface area contributed by atoms with E-state index in [9.17, 15) is 9.59 Å². The van der Waals surface area contributed by atoms with Crippen LogP contribution in [0.3, 0.4) is 0 Å². The molecule has 0 bridgehead atoms. The number of aryl methyl sites for hydroxylation is 1. The van der Waals surface area contributed by atoms with Crippen LogP contribution < -0.4 is 4.90 Å². The number of ether oxygens (including phenoxy) is 1. The monoisotopic (exact) mass is 507 g/mol. The van der Waals surface area contributed by atoms with Crippen LogP contribution in [0.5, 0.6) is 0 Å². The molecular formula is C28H37N5O4. The van der Waals surface area contributed by atoms with Crippen molar-refractivity contribution in [3.05, 3.63) is 46.9 Å². The second-order valence-electron chi connectivity index (χ2n) is 11.5. The second kappa shape index (κ2) is 9.28. The fourth-order valence-corrected chi connectivity index (χ4v) is 5.97. The molecule has 1 aliphatic carbocycles. The van der Waals surface area contributed by atoms with Gasteiger partial charge < -0.3 is 14.5 Å². The molecule has 3 aliphatic rings. The van der Waals surface area contributed by atoms with Gasteiger partial charge in [-0.1, -0.05) is 6.92 Å². The summed E-state index contributed by atoms with van der Waals surface area (Å²) in [6.45, 7) is 9.84. The first-order valence-electron chi connectivity index (χ1n) is 13.1. The fourth-order valence-electron chi connectivity index (χ4n) is 5.97. The van der Waals surface area contributed by atoms with Gasteiger partial charge in [-0.15, -0.1) is 0 Å². The lowest BCUT2D eigenvalue weighted by atomic mass is 9.74. The van der Waals surface area contributed by atoms with Crippen LogP contribution in [0.1, 0.15) is 80.1 Å². The van der Waals surface area contributed by atoms with Crippen molar-refractivity contribution >= 4 is 23.5 Å². The van der Waals surface area contributed by atoms with E-state index in [0.29, 0.717) is 24.6 Å². The van der Waals surface area contributed by atoms with Gasteiger partial charge in [0, 0.05) is 54.6 Å². The molecule has 37 heavy (non-hydrogen) atoms. The number of aromatic nitrogens is 2. The van der Waals surface area contributed by atoms with E-state index in [1.807, 2.05) is 39.0 Å². The second-order valence-corrected chi connectivity index (χ2v) is 11.5. The smallest absolute Gasteiger partial charge is 0.410 e. The molecule has 5 rings (SSSR count). The highest BCUT2D eigenvalue weighted by Crippen LogP contribution is 2.51. The third-order valence-electron chi connectivity index (χ3n) is 8.01. The summed E-state index contributed by atoms with van der Waals surface area (Å²) in [5.74, 6) is 1.17. The molecule has 0 N–H and O–H groups in total. The van der Waals surface area contributed by atoms with Crippen LogP contribution in [-0.2, 0) is 21.4 Å². The Morgan fingerprint density at radius 3 is 2.57 bits per heavy atom. The molecule has 1 atom stereocenters. The maximum absolute atomic E-state index is 13.0. The number of anilines is 2. The van der Waals surface area contributed by atoms with Crippen LogP contribution in [0.25, 0.3) is 0 Å². The van der Waals surface area contributed by atoms with Crippen molar-refractivity contribution < 1.29 is 19.2 Å². The highest BCUT2D eigenvalue weighted by molar-refractivity contribution is 5.95. The number of benzene rings is 1. The summed E-state index contributed by atoms with van der Waals surface area (Å²) in [5, 5.41) is 1.24. The lowest BCUT2D eigenvalue weighted by Crippen LogP contribution is -2.48.